The molecule has 1 saturated heterocycles. The highest BCUT2D eigenvalue weighted by molar-refractivity contribution is 7.99. The minimum Gasteiger partial charge on any atom is -0.312 e. The van der Waals surface area contributed by atoms with Crippen molar-refractivity contribution in [2.75, 3.05) is 18.1 Å². The third-order valence-electron chi connectivity index (χ3n) is 2.27. The van der Waals surface area contributed by atoms with Crippen LogP contribution < -0.4 is 5.32 Å². The van der Waals surface area contributed by atoms with Crippen LogP contribution in [0.4, 0.5) is 0 Å². The molecule has 0 spiro atoms. The SMILES string of the molecule is CC(C)(C)C(=O)CC1CSCCN1. The molecule has 0 aromatic rings. The maximum Gasteiger partial charge on any atom is 0.139 e. The van der Waals surface area contributed by atoms with Crippen molar-refractivity contribution in [3.8, 4) is 0 Å². The highest BCUT2D eigenvalue weighted by atomic mass is 32.2. The summed E-state index contributed by atoms with van der Waals surface area (Å²) in [7, 11) is 0. The van der Waals surface area contributed by atoms with E-state index in [1.54, 1.807) is 0 Å². The number of hydrogen-bond donors (Lipinski definition) is 1. The van der Waals surface area contributed by atoms with Crippen LogP contribution in [0.1, 0.15) is 27.2 Å². The van der Waals surface area contributed by atoms with Crippen molar-refractivity contribution in [2.24, 2.45) is 5.41 Å². The van der Waals surface area contributed by atoms with Crippen LogP contribution >= 0.6 is 11.8 Å². The number of carbonyl (C=O) groups is 1. The maximum absolute atomic E-state index is 11.7. The van der Waals surface area contributed by atoms with Gasteiger partial charge in [0.1, 0.15) is 5.78 Å². The Labute approximate surface area is 84.9 Å². The molecule has 0 aromatic carbocycles. The molecule has 0 aliphatic carbocycles. The molecular weight excluding hydrogens is 182 g/mol. The summed E-state index contributed by atoms with van der Waals surface area (Å²) in [4.78, 5) is 11.7. The molecule has 1 heterocycles. The van der Waals surface area contributed by atoms with Crippen molar-refractivity contribution in [2.45, 2.75) is 33.2 Å². The van der Waals surface area contributed by atoms with Gasteiger partial charge in [-0.05, 0) is 0 Å². The van der Waals surface area contributed by atoms with E-state index in [1.165, 1.54) is 5.75 Å². The Hall–Kier alpha value is -0.0200. The minimum absolute atomic E-state index is 0.177. The molecule has 3 heteroatoms. The van der Waals surface area contributed by atoms with E-state index in [2.05, 4.69) is 5.32 Å². The van der Waals surface area contributed by atoms with Gasteiger partial charge in [0, 0.05) is 35.9 Å². The number of nitrogens with one attached hydrogen (secondary N) is 1. The largest absolute Gasteiger partial charge is 0.312 e. The molecule has 0 aromatic heterocycles. The fourth-order valence-electron chi connectivity index (χ4n) is 1.28. The van der Waals surface area contributed by atoms with Crippen molar-refractivity contribution >= 4 is 17.5 Å². The van der Waals surface area contributed by atoms with Gasteiger partial charge >= 0.3 is 0 Å². The van der Waals surface area contributed by atoms with Crippen molar-refractivity contribution in [1.29, 1.82) is 0 Å². The first-order chi connectivity index (χ1) is 6.00. The van der Waals surface area contributed by atoms with Gasteiger partial charge in [-0.3, -0.25) is 4.79 Å². The fraction of sp³-hybridized carbons (Fsp3) is 0.900. The topological polar surface area (TPSA) is 29.1 Å². The minimum atomic E-state index is -0.177. The van der Waals surface area contributed by atoms with Crippen LogP contribution in [0.2, 0.25) is 0 Å². The second kappa shape index (κ2) is 4.47. The van der Waals surface area contributed by atoms with E-state index in [-0.39, 0.29) is 5.41 Å². The van der Waals surface area contributed by atoms with Crippen LogP contribution in [-0.2, 0) is 4.79 Å². The van der Waals surface area contributed by atoms with Gasteiger partial charge in [0.25, 0.3) is 0 Å². The Morgan fingerprint density at radius 2 is 2.23 bits per heavy atom. The highest BCUT2D eigenvalue weighted by Gasteiger charge is 2.25. The zero-order valence-corrected chi connectivity index (χ0v) is 9.54. The monoisotopic (exact) mass is 201 g/mol. The zero-order chi connectivity index (χ0) is 9.90. The average molecular weight is 201 g/mol. The normalized spacial score (nSPS) is 24.4. The van der Waals surface area contributed by atoms with Gasteiger partial charge in [-0.25, -0.2) is 0 Å². The number of ketones is 1. The van der Waals surface area contributed by atoms with E-state index in [0.717, 1.165) is 12.3 Å². The molecule has 13 heavy (non-hydrogen) atoms. The lowest BCUT2D eigenvalue weighted by molar-refractivity contribution is -0.126. The summed E-state index contributed by atoms with van der Waals surface area (Å²) in [5, 5.41) is 3.38. The van der Waals surface area contributed by atoms with Gasteiger partial charge in [0.15, 0.2) is 0 Å². The van der Waals surface area contributed by atoms with Gasteiger partial charge in [0.2, 0.25) is 0 Å². The third kappa shape index (κ3) is 3.69. The molecule has 0 amide bonds. The molecule has 0 radical (unpaired) electrons. The second-order valence-electron chi connectivity index (χ2n) is 4.60. The average Bonchev–Trinajstić information content (AvgIpc) is 2.04. The first kappa shape index (κ1) is 11.1. The van der Waals surface area contributed by atoms with Crippen LogP contribution in [0.5, 0.6) is 0 Å². The van der Waals surface area contributed by atoms with Gasteiger partial charge < -0.3 is 5.32 Å². The quantitative estimate of drug-likeness (QED) is 0.737. The lowest BCUT2D eigenvalue weighted by atomic mass is 9.87. The molecule has 2 nitrogen and oxygen atoms in total. The number of Topliss-reactive ketones (excluding diaryl/α,β-unsaturated/α-hetero) is 1. The Morgan fingerprint density at radius 1 is 1.54 bits per heavy atom. The van der Waals surface area contributed by atoms with Crippen molar-refractivity contribution in [1.82, 2.24) is 5.32 Å². The summed E-state index contributed by atoms with van der Waals surface area (Å²) in [6, 6.07) is 0.408. The predicted molar refractivity (Wildman–Crippen MR) is 58.2 cm³/mol. The summed E-state index contributed by atoms with van der Waals surface area (Å²) in [6.45, 7) is 7.02. The van der Waals surface area contributed by atoms with Gasteiger partial charge in [0.05, 0.1) is 0 Å². The predicted octanol–water partition coefficient (Wildman–Crippen LogP) is 1.70. The lowest BCUT2D eigenvalue weighted by Crippen LogP contribution is -2.40. The molecule has 1 N–H and O–H groups in total. The van der Waals surface area contributed by atoms with Crippen LogP contribution in [0.15, 0.2) is 0 Å². The van der Waals surface area contributed by atoms with E-state index < -0.39 is 0 Å². The van der Waals surface area contributed by atoms with E-state index in [1.807, 2.05) is 32.5 Å². The Morgan fingerprint density at radius 3 is 2.69 bits per heavy atom. The molecule has 1 aliphatic heterocycles. The van der Waals surface area contributed by atoms with Crippen LogP contribution in [0, 0.1) is 5.41 Å². The summed E-state index contributed by atoms with van der Waals surface area (Å²) in [5.74, 6) is 2.63. The fourth-order valence-corrected chi connectivity index (χ4v) is 2.23. The third-order valence-corrected chi connectivity index (χ3v) is 3.40. The van der Waals surface area contributed by atoms with Crippen LogP contribution in [0.25, 0.3) is 0 Å². The highest BCUT2D eigenvalue weighted by Crippen LogP contribution is 2.20. The van der Waals surface area contributed by atoms with Crippen molar-refractivity contribution in [3.63, 3.8) is 0 Å². The van der Waals surface area contributed by atoms with Crippen molar-refractivity contribution < 1.29 is 4.79 Å². The van der Waals surface area contributed by atoms with E-state index in [9.17, 15) is 4.79 Å². The Bertz CT molecular complexity index is 180. The van der Waals surface area contributed by atoms with Gasteiger partial charge in [-0.1, -0.05) is 20.8 Å². The molecular formula is C10H19NOS. The summed E-state index contributed by atoms with van der Waals surface area (Å²) >= 11 is 1.94. The summed E-state index contributed by atoms with van der Waals surface area (Å²) in [5.41, 5.74) is -0.177. The number of carbonyl (C=O) groups excluding carboxylic acids is 1. The second-order valence-corrected chi connectivity index (χ2v) is 5.75. The summed E-state index contributed by atoms with van der Waals surface area (Å²) in [6.07, 6.45) is 0.691. The zero-order valence-electron chi connectivity index (χ0n) is 8.72. The molecule has 76 valence electrons. The van der Waals surface area contributed by atoms with E-state index >= 15 is 0 Å². The molecule has 1 aliphatic rings. The molecule has 1 rings (SSSR count). The first-order valence-electron chi connectivity index (χ1n) is 4.84. The Kier molecular flexibility index (Phi) is 3.80. The number of hydrogen-bond acceptors (Lipinski definition) is 3. The van der Waals surface area contributed by atoms with Crippen LogP contribution in [-0.4, -0.2) is 29.9 Å². The smallest absolute Gasteiger partial charge is 0.139 e. The molecule has 0 saturated carbocycles. The standard InChI is InChI=1S/C10H19NOS/c1-10(2,3)9(12)6-8-7-13-5-4-11-8/h8,11H,4-7H2,1-3H3. The number of rotatable bonds is 2. The molecule has 1 unspecified atom stereocenters. The molecule has 1 fully saturated rings. The van der Waals surface area contributed by atoms with E-state index in [4.69, 9.17) is 0 Å². The lowest BCUT2D eigenvalue weighted by Gasteiger charge is -2.25. The first-order valence-corrected chi connectivity index (χ1v) is 6.00. The van der Waals surface area contributed by atoms with Crippen molar-refractivity contribution in [3.05, 3.63) is 0 Å². The maximum atomic E-state index is 11.7. The molecule has 0 bridgehead atoms. The van der Waals surface area contributed by atoms with Gasteiger partial charge in [-0.15, -0.1) is 0 Å². The van der Waals surface area contributed by atoms with Gasteiger partial charge in [-0.2, -0.15) is 11.8 Å². The Balaban J connectivity index is 2.35. The van der Waals surface area contributed by atoms with Crippen LogP contribution in [0.3, 0.4) is 0 Å². The number of thioether (sulfide) groups is 1. The van der Waals surface area contributed by atoms with E-state index in [0.29, 0.717) is 18.2 Å². The molecule has 1 atom stereocenters. The summed E-state index contributed by atoms with van der Waals surface area (Å²) < 4.78 is 0.